The number of thioether (sulfide) groups is 1. The molecule has 2 N–H and O–H groups in total. The molecule has 0 radical (unpaired) electrons. The number of aromatic nitrogens is 2. The van der Waals surface area contributed by atoms with Crippen molar-refractivity contribution in [3.05, 3.63) is 11.7 Å². The van der Waals surface area contributed by atoms with Crippen molar-refractivity contribution in [1.29, 1.82) is 0 Å². The summed E-state index contributed by atoms with van der Waals surface area (Å²) in [6, 6.07) is 0. The van der Waals surface area contributed by atoms with E-state index in [4.69, 9.17) is 15.0 Å². The summed E-state index contributed by atoms with van der Waals surface area (Å²) in [6.45, 7) is 3.44. The van der Waals surface area contributed by atoms with E-state index in [-0.39, 0.29) is 12.0 Å². The Morgan fingerprint density at radius 3 is 3.12 bits per heavy atom. The van der Waals surface area contributed by atoms with E-state index in [1.807, 2.05) is 11.8 Å². The Bertz CT molecular complexity index is 320. The number of ether oxygens (including phenoxy) is 1. The van der Waals surface area contributed by atoms with Gasteiger partial charge in [-0.3, -0.25) is 0 Å². The van der Waals surface area contributed by atoms with Crippen molar-refractivity contribution in [2.75, 3.05) is 24.7 Å². The summed E-state index contributed by atoms with van der Waals surface area (Å²) in [4.78, 5) is 4.43. The molecule has 0 saturated carbocycles. The summed E-state index contributed by atoms with van der Waals surface area (Å²) in [5.41, 5.74) is 5.72. The van der Waals surface area contributed by atoms with Crippen molar-refractivity contribution in [3.8, 4) is 0 Å². The lowest BCUT2D eigenvalue weighted by Crippen LogP contribution is -2.17. The van der Waals surface area contributed by atoms with Gasteiger partial charge in [-0.15, -0.1) is 0 Å². The number of hydrogen-bond acceptors (Lipinski definition) is 6. The molecule has 1 aromatic rings. The fraction of sp³-hybridized carbons (Fsp3) is 0.818. The number of nitrogens with zero attached hydrogens (tertiary/aromatic N) is 2. The summed E-state index contributed by atoms with van der Waals surface area (Å²) in [7, 11) is 0. The molecule has 0 bridgehead atoms. The Morgan fingerprint density at radius 1 is 1.59 bits per heavy atom. The van der Waals surface area contributed by atoms with Gasteiger partial charge in [-0.05, 0) is 6.42 Å². The lowest BCUT2D eigenvalue weighted by Gasteiger charge is -2.18. The fourth-order valence-corrected chi connectivity index (χ4v) is 2.71. The zero-order valence-corrected chi connectivity index (χ0v) is 10.9. The van der Waals surface area contributed by atoms with Gasteiger partial charge in [0.1, 0.15) is 6.10 Å². The molecule has 1 aliphatic heterocycles. The zero-order valence-electron chi connectivity index (χ0n) is 10.1. The number of hydrogen-bond donors (Lipinski definition) is 1. The summed E-state index contributed by atoms with van der Waals surface area (Å²) in [6.07, 6.45) is 2.03. The molecule has 1 aromatic heterocycles. The molecule has 1 fully saturated rings. The van der Waals surface area contributed by atoms with Gasteiger partial charge in [0.05, 0.1) is 12.5 Å². The van der Waals surface area contributed by atoms with Crippen LogP contribution in [0.1, 0.15) is 43.5 Å². The van der Waals surface area contributed by atoms with Crippen LogP contribution in [0, 0.1) is 0 Å². The highest BCUT2D eigenvalue weighted by molar-refractivity contribution is 7.99. The Labute approximate surface area is 105 Å². The minimum atomic E-state index is -0.0219. The molecule has 5 nitrogen and oxygen atoms in total. The molecule has 0 spiro atoms. The molecule has 1 aliphatic rings. The van der Waals surface area contributed by atoms with Crippen LogP contribution < -0.4 is 5.73 Å². The van der Waals surface area contributed by atoms with Crippen LogP contribution in [0.3, 0.4) is 0 Å². The topological polar surface area (TPSA) is 74.2 Å². The standard InChI is InChI=1S/C11H19N3O2S/c1-2-3-8(6-12)11-13-10(14-16-11)9-7-17-5-4-15-9/h8-9H,2-7,12H2,1H3. The van der Waals surface area contributed by atoms with Gasteiger partial charge in [0.2, 0.25) is 11.7 Å². The van der Waals surface area contributed by atoms with Gasteiger partial charge in [0.15, 0.2) is 0 Å². The molecule has 0 amide bonds. The van der Waals surface area contributed by atoms with E-state index in [9.17, 15) is 0 Å². The minimum Gasteiger partial charge on any atom is -0.368 e. The summed E-state index contributed by atoms with van der Waals surface area (Å²) < 4.78 is 10.9. The van der Waals surface area contributed by atoms with Crippen LogP contribution in [0.25, 0.3) is 0 Å². The first-order valence-electron chi connectivity index (χ1n) is 6.08. The maximum atomic E-state index is 5.72. The predicted octanol–water partition coefficient (Wildman–Crippen LogP) is 1.72. The van der Waals surface area contributed by atoms with E-state index < -0.39 is 0 Å². The van der Waals surface area contributed by atoms with E-state index in [0.29, 0.717) is 18.3 Å². The molecular weight excluding hydrogens is 238 g/mol. The third-order valence-corrected chi connectivity index (χ3v) is 3.83. The van der Waals surface area contributed by atoms with Crippen molar-refractivity contribution >= 4 is 11.8 Å². The second-order valence-corrected chi connectivity index (χ2v) is 5.30. The quantitative estimate of drug-likeness (QED) is 0.865. The molecule has 2 heterocycles. The maximum absolute atomic E-state index is 5.72. The van der Waals surface area contributed by atoms with Gasteiger partial charge in [-0.1, -0.05) is 18.5 Å². The normalized spacial score (nSPS) is 22.6. The predicted molar refractivity (Wildman–Crippen MR) is 67.0 cm³/mol. The lowest BCUT2D eigenvalue weighted by molar-refractivity contribution is 0.0677. The van der Waals surface area contributed by atoms with Crippen molar-refractivity contribution in [3.63, 3.8) is 0 Å². The van der Waals surface area contributed by atoms with Crippen LogP contribution in [0.15, 0.2) is 4.52 Å². The van der Waals surface area contributed by atoms with Crippen molar-refractivity contribution in [2.24, 2.45) is 5.73 Å². The van der Waals surface area contributed by atoms with Crippen molar-refractivity contribution < 1.29 is 9.26 Å². The van der Waals surface area contributed by atoms with Gasteiger partial charge in [-0.2, -0.15) is 16.7 Å². The average molecular weight is 257 g/mol. The van der Waals surface area contributed by atoms with Gasteiger partial charge in [-0.25, -0.2) is 0 Å². The molecule has 96 valence electrons. The molecule has 2 unspecified atom stereocenters. The van der Waals surface area contributed by atoms with E-state index in [1.165, 1.54) is 0 Å². The molecular formula is C11H19N3O2S. The summed E-state index contributed by atoms with van der Waals surface area (Å²) in [5.74, 6) is 3.45. The van der Waals surface area contributed by atoms with Gasteiger partial charge in [0, 0.05) is 18.1 Å². The van der Waals surface area contributed by atoms with Crippen LogP contribution in [0.2, 0.25) is 0 Å². The second kappa shape index (κ2) is 6.37. The summed E-state index contributed by atoms with van der Waals surface area (Å²) >= 11 is 1.86. The van der Waals surface area contributed by atoms with Gasteiger partial charge < -0.3 is 15.0 Å². The van der Waals surface area contributed by atoms with E-state index >= 15 is 0 Å². The van der Waals surface area contributed by atoms with Gasteiger partial charge in [0.25, 0.3) is 0 Å². The summed E-state index contributed by atoms with van der Waals surface area (Å²) in [5, 5.41) is 4.01. The lowest BCUT2D eigenvalue weighted by atomic mass is 10.0. The second-order valence-electron chi connectivity index (χ2n) is 4.15. The smallest absolute Gasteiger partial charge is 0.231 e. The Morgan fingerprint density at radius 2 is 2.47 bits per heavy atom. The Balaban J connectivity index is 2.03. The number of rotatable bonds is 5. The SMILES string of the molecule is CCCC(CN)c1nc(C2CSCCO2)no1. The largest absolute Gasteiger partial charge is 0.368 e. The first-order valence-corrected chi connectivity index (χ1v) is 7.23. The maximum Gasteiger partial charge on any atom is 0.231 e. The van der Waals surface area contributed by atoms with Gasteiger partial charge >= 0.3 is 0 Å². The van der Waals surface area contributed by atoms with E-state index in [2.05, 4.69) is 17.1 Å². The molecule has 6 heteroatoms. The van der Waals surface area contributed by atoms with Crippen molar-refractivity contribution in [2.45, 2.75) is 31.8 Å². The monoisotopic (exact) mass is 257 g/mol. The molecule has 2 atom stereocenters. The molecule has 2 rings (SSSR count). The third kappa shape index (κ3) is 3.20. The highest BCUT2D eigenvalue weighted by Gasteiger charge is 2.24. The van der Waals surface area contributed by atoms with E-state index in [0.717, 1.165) is 31.0 Å². The highest BCUT2D eigenvalue weighted by atomic mass is 32.2. The van der Waals surface area contributed by atoms with E-state index in [1.54, 1.807) is 0 Å². The molecule has 0 aromatic carbocycles. The van der Waals surface area contributed by atoms with Crippen LogP contribution in [0.4, 0.5) is 0 Å². The molecule has 0 aliphatic carbocycles. The Hall–Kier alpha value is -0.590. The van der Waals surface area contributed by atoms with Crippen LogP contribution in [-0.4, -0.2) is 34.8 Å². The molecule has 17 heavy (non-hydrogen) atoms. The molecule has 1 saturated heterocycles. The highest BCUT2D eigenvalue weighted by Crippen LogP contribution is 2.26. The average Bonchev–Trinajstić information content (AvgIpc) is 2.86. The zero-order chi connectivity index (χ0) is 12.1. The fourth-order valence-electron chi connectivity index (χ4n) is 1.87. The first kappa shape index (κ1) is 12.9. The minimum absolute atomic E-state index is 0.0219. The van der Waals surface area contributed by atoms with Crippen LogP contribution in [-0.2, 0) is 4.74 Å². The Kier molecular flexibility index (Phi) is 4.82. The third-order valence-electron chi connectivity index (χ3n) is 2.83. The first-order chi connectivity index (χ1) is 8.35. The van der Waals surface area contributed by atoms with Crippen molar-refractivity contribution in [1.82, 2.24) is 10.1 Å². The van der Waals surface area contributed by atoms with Crippen LogP contribution in [0.5, 0.6) is 0 Å². The van der Waals surface area contributed by atoms with Crippen LogP contribution >= 0.6 is 11.8 Å². The number of nitrogens with two attached hydrogens (primary N) is 1.